The van der Waals surface area contributed by atoms with Crippen LogP contribution in [0.2, 0.25) is 0 Å². The van der Waals surface area contributed by atoms with Crippen molar-refractivity contribution in [3.05, 3.63) is 33.4 Å². The predicted octanol–water partition coefficient (Wildman–Crippen LogP) is 2.47. The quantitative estimate of drug-likeness (QED) is 0.861. The topological polar surface area (TPSA) is 81.4 Å². The van der Waals surface area contributed by atoms with E-state index in [-0.39, 0.29) is 12.3 Å². The molecule has 0 fully saturated rings. The maximum absolute atomic E-state index is 11.8. The van der Waals surface area contributed by atoms with Gasteiger partial charge in [0.25, 0.3) is 0 Å². The van der Waals surface area contributed by atoms with Crippen LogP contribution in [0, 0.1) is 0 Å². The number of aromatic nitrogens is 1. The Morgan fingerprint density at radius 1 is 1.58 bits per heavy atom. The molecule has 2 aromatic heterocycles. The molecule has 0 atom stereocenters. The van der Waals surface area contributed by atoms with E-state index in [1.54, 1.807) is 12.1 Å². The van der Waals surface area contributed by atoms with Crippen LogP contribution >= 0.6 is 27.3 Å². The van der Waals surface area contributed by atoms with Crippen molar-refractivity contribution in [3.8, 4) is 0 Å². The summed E-state index contributed by atoms with van der Waals surface area (Å²) in [5.74, 6) is -0.685. The Kier molecular flexibility index (Phi) is 4.33. The third kappa shape index (κ3) is 3.42. The van der Waals surface area contributed by atoms with E-state index in [9.17, 15) is 9.59 Å². The van der Waals surface area contributed by atoms with Gasteiger partial charge in [-0.2, -0.15) is 0 Å². The van der Waals surface area contributed by atoms with Gasteiger partial charge >= 0.3 is 5.97 Å². The molecule has 6 nitrogen and oxygen atoms in total. The lowest BCUT2D eigenvalue weighted by molar-refractivity contribution is -0.115. The Balaban J connectivity index is 2.04. The van der Waals surface area contributed by atoms with Gasteiger partial charge in [0.2, 0.25) is 5.91 Å². The highest BCUT2D eigenvalue weighted by molar-refractivity contribution is 9.10. The Hall–Kier alpha value is -1.67. The first-order valence-corrected chi connectivity index (χ1v) is 6.78. The number of thiophene rings is 1. The van der Waals surface area contributed by atoms with Crippen LogP contribution in [0.25, 0.3) is 0 Å². The lowest BCUT2D eigenvalue weighted by atomic mass is 10.3. The number of rotatable bonds is 4. The molecule has 0 aliphatic rings. The molecular formula is C11H9BrN2O4S. The summed E-state index contributed by atoms with van der Waals surface area (Å²) in [6.45, 7) is 0. The van der Waals surface area contributed by atoms with E-state index in [4.69, 9.17) is 0 Å². The van der Waals surface area contributed by atoms with Gasteiger partial charge in [0.05, 0.1) is 23.7 Å². The number of esters is 1. The lowest BCUT2D eigenvalue weighted by Crippen LogP contribution is -2.13. The van der Waals surface area contributed by atoms with Crippen molar-refractivity contribution in [1.29, 1.82) is 0 Å². The first kappa shape index (κ1) is 13.8. The maximum Gasteiger partial charge on any atom is 0.348 e. The molecule has 2 heterocycles. The SMILES string of the molecule is COC(=O)c1cc(Br)c(NC(=O)Cc2ccon2)s1. The van der Waals surface area contributed by atoms with Gasteiger partial charge in [0, 0.05) is 6.07 Å². The highest BCUT2D eigenvalue weighted by Crippen LogP contribution is 2.33. The smallest absolute Gasteiger partial charge is 0.348 e. The first-order chi connectivity index (χ1) is 9.10. The van der Waals surface area contributed by atoms with Gasteiger partial charge in [-0.25, -0.2) is 4.79 Å². The fourth-order valence-corrected chi connectivity index (χ4v) is 2.93. The van der Waals surface area contributed by atoms with E-state index in [0.717, 1.165) is 11.3 Å². The molecule has 1 amide bonds. The Labute approximate surface area is 120 Å². The molecule has 1 N–H and O–H groups in total. The summed E-state index contributed by atoms with van der Waals surface area (Å²) in [5.41, 5.74) is 0.540. The van der Waals surface area contributed by atoms with Crippen molar-refractivity contribution in [2.45, 2.75) is 6.42 Å². The Morgan fingerprint density at radius 3 is 3.00 bits per heavy atom. The van der Waals surface area contributed by atoms with Gasteiger partial charge in [0.1, 0.15) is 16.1 Å². The molecule has 0 aromatic carbocycles. The third-order valence-electron chi connectivity index (χ3n) is 2.16. The number of nitrogens with one attached hydrogen (secondary N) is 1. The van der Waals surface area contributed by atoms with Crippen molar-refractivity contribution in [2.75, 3.05) is 12.4 Å². The summed E-state index contributed by atoms with van der Waals surface area (Å²) < 4.78 is 9.88. The van der Waals surface area contributed by atoms with Crippen LogP contribution in [0.5, 0.6) is 0 Å². The maximum atomic E-state index is 11.8. The van der Waals surface area contributed by atoms with Gasteiger partial charge in [-0.15, -0.1) is 11.3 Å². The zero-order valence-electron chi connectivity index (χ0n) is 9.81. The van der Waals surface area contributed by atoms with E-state index < -0.39 is 5.97 Å². The molecule has 2 rings (SSSR count). The number of methoxy groups -OCH3 is 1. The molecule has 0 aliphatic heterocycles. The van der Waals surface area contributed by atoms with Gasteiger partial charge < -0.3 is 14.6 Å². The minimum Gasteiger partial charge on any atom is -0.465 e. The van der Waals surface area contributed by atoms with Gasteiger partial charge in [-0.3, -0.25) is 4.79 Å². The van der Waals surface area contributed by atoms with Crippen LogP contribution in [-0.4, -0.2) is 24.1 Å². The van der Waals surface area contributed by atoms with E-state index in [1.165, 1.54) is 13.4 Å². The number of carbonyl (C=O) groups is 2. The predicted molar refractivity (Wildman–Crippen MR) is 72.2 cm³/mol. The highest BCUT2D eigenvalue weighted by atomic mass is 79.9. The molecule has 0 saturated heterocycles. The van der Waals surface area contributed by atoms with Crippen LogP contribution in [0.4, 0.5) is 5.00 Å². The van der Waals surface area contributed by atoms with Crippen LogP contribution < -0.4 is 5.32 Å². The fourth-order valence-electron chi connectivity index (χ4n) is 1.32. The minimum atomic E-state index is -0.442. The molecule has 0 aliphatic carbocycles. The summed E-state index contributed by atoms with van der Waals surface area (Å²) in [6, 6.07) is 3.21. The van der Waals surface area contributed by atoms with Crippen molar-refractivity contribution in [3.63, 3.8) is 0 Å². The monoisotopic (exact) mass is 344 g/mol. The summed E-state index contributed by atoms with van der Waals surface area (Å²) in [7, 11) is 1.30. The lowest BCUT2D eigenvalue weighted by Gasteiger charge is -2.00. The van der Waals surface area contributed by atoms with Gasteiger partial charge in [-0.1, -0.05) is 5.16 Å². The van der Waals surface area contributed by atoms with Crippen LogP contribution in [0.15, 0.2) is 27.4 Å². The molecule has 19 heavy (non-hydrogen) atoms. The number of carbonyl (C=O) groups excluding carboxylic acids is 2. The number of nitrogens with zero attached hydrogens (tertiary/aromatic N) is 1. The third-order valence-corrected chi connectivity index (χ3v) is 4.08. The molecule has 0 unspecified atom stereocenters. The Morgan fingerprint density at radius 2 is 2.37 bits per heavy atom. The second-order valence-electron chi connectivity index (χ2n) is 3.50. The normalized spacial score (nSPS) is 10.2. The van der Waals surface area contributed by atoms with E-state index in [0.29, 0.717) is 20.0 Å². The average Bonchev–Trinajstić information content (AvgIpc) is 2.99. The van der Waals surface area contributed by atoms with E-state index in [2.05, 4.69) is 35.7 Å². The molecule has 2 aromatic rings. The highest BCUT2D eigenvalue weighted by Gasteiger charge is 2.16. The first-order valence-electron chi connectivity index (χ1n) is 5.17. The Bertz CT molecular complexity index is 594. The van der Waals surface area contributed by atoms with Crippen LogP contribution in [0.3, 0.4) is 0 Å². The average molecular weight is 345 g/mol. The molecule has 0 spiro atoms. The van der Waals surface area contributed by atoms with Crippen molar-refractivity contribution < 1.29 is 18.8 Å². The number of halogens is 1. The number of hydrogen-bond acceptors (Lipinski definition) is 6. The standard InChI is InChI=1S/C11H9BrN2O4S/c1-17-11(16)8-5-7(12)10(19-8)13-9(15)4-6-2-3-18-14-6/h2-3,5H,4H2,1H3,(H,13,15). The molecule has 0 bridgehead atoms. The largest absolute Gasteiger partial charge is 0.465 e. The van der Waals surface area contributed by atoms with E-state index >= 15 is 0 Å². The number of anilines is 1. The second-order valence-corrected chi connectivity index (χ2v) is 5.40. The van der Waals surface area contributed by atoms with Crippen molar-refractivity contribution in [1.82, 2.24) is 5.16 Å². The summed E-state index contributed by atoms with van der Waals surface area (Å²) in [5, 5.41) is 6.89. The zero-order chi connectivity index (χ0) is 13.8. The molecule has 0 radical (unpaired) electrons. The number of hydrogen-bond donors (Lipinski definition) is 1. The van der Waals surface area contributed by atoms with E-state index in [1.807, 2.05) is 0 Å². The summed E-state index contributed by atoms with van der Waals surface area (Å²) >= 11 is 4.41. The summed E-state index contributed by atoms with van der Waals surface area (Å²) in [6.07, 6.45) is 1.51. The number of amides is 1. The van der Waals surface area contributed by atoms with Crippen LogP contribution in [-0.2, 0) is 16.0 Å². The van der Waals surface area contributed by atoms with Gasteiger partial charge in [-0.05, 0) is 22.0 Å². The molecule has 8 heteroatoms. The molecular weight excluding hydrogens is 336 g/mol. The zero-order valence-corrected chi connectivity index (χ0v) is 12.2. The van der Waals surface area contributed by atoms with Crippen molar-refractivity contribution >= 4 is 44.1 Å². The van der Waals surface area contributed by atoms with Crippen molar-refractivity contribution in [2.24, 2.45) is 0 Å². The molecule has 100 valence electrons. The summed E-state index contributed by atoms with van der Waals surface area (Å²) in [4.78, 5) is 23.5. The fraction of sp³-hybridized carbons (Fsp3) is 0.182. The van der Waals surface area contributed by atoms with Gasteiger partial charge in [0.15, 0.2) is 0 Å². The second kappa shape index (κ2) is 5.98. The minimum absolute atomic E-state index is 0.106. The molecule has 0 saturated carbocycles. The van der Waals surface area contributed by atoms with Crippen LogP contribution in [0.1, 0.15) is 15.4 Å². The number of ether oxygens (including phenoxy) is 1.